The first-order chi connectivity index (χ1) is 9.56. The topological polar surface area (TPSA) is 70.0 Å². The standard InChI is InChI=1S/C14H14N2O2S2/c1-2-20(17,18)14-6-4-3-5-13(14)16-9-12-7-11(8-15)10-19-12/h3-7,10,16H,2,9H2,1H3. The molecule has 0 atom stereocenters. The molecule has 1 aromatic carbocycles. The molecule has 6 heteroatoms. The fourth-order valence-corrected chi connectivity index (χ4v) is 3.58. The van der Waals surface area contributed by atoms with Gasteiger partial charge in [0.1, 0.15) is 6.07 Å². The highest BCUT2D eigenvalue weighted by atomic mass is 32.2. The van der Waals surface area contributed by atoms with Crippen molar-refractivity contribution in [3.63, 3.8) is 0 Å². The third-order valence-corrected chi connectivity index (χ3v) is 5.56. The number of thiophene rings is 1. The molecule has 0 amide bonds. The summed E-state index contributed by atoms with van der Waals surface area (Å²) in [5.74, 6) is 0.0727. The number of nitrogens with one attached hydrogen (secondary N) is 1. The van der Waals surface area contributed by atoms with Gasteiger partial charge in [-0.05, 0) is 18.2 Å². The molecule has 0 fully saturated rings. The molecule has 2 rings (SSSR count). The molecule has 1 N–H and O–H groups in total. The van der Waals surface area contributed by atoms with Crippen LogP contribution in [0, 0.1) is 11.3 Å². The summed E-state index contributed by atoms with van der Waals surface area (Å²) >= 11 is 1.48. The van der Waals surface area contributed by atoms with Gasteiger partial charge in [0.25, 0.3) is 0 Å². The molecule has 0 spiro atoms. The third kappa shape index (κ3) is 3.18. The quantitative estimate of drug-likeness (QED) is 0.922. The van der Waals surface area contributed by atoms with E-state index in [0.717, 1.165) is 4.88 Å². The molecule has 4 nitrogen and oxygen atoms in total. The van der Waals surface area contributed by atoms with E-state index in [1.54, 1.807) is 42.6 Å². The zero-order valence-corrected chi connectivity index (χ0v) is 12.6. The molecule has 2 aromatic rings. The van der Waals surface area contributed by atoms with Crippen LogP contribution in [-0.2, 0) is 16.4 Å². The second-order valence-electron chi connectivity index (χ2n) is 4.17. The average Bonchev–Trinajstić information content (AvgIpc) is 2.93. The fraction of sp³-hybridized carbons (Fsp3) is 0.214. The molecular weight excluding hydrogens is 292 g/mol. The summed E-state index contributed by atoms with van der Waals surface area (Å²) in [5.41, 5.74) is 1.22. The summed E-state index contributed by atoms with van der Waals surface area (Å²) in [4.78, 5) is 1.31. The summed E-state index contributed by atoms with van der Waals surface area (Å²) in [6.45, 7) is 2.13. The summed E-state index contributed by atoms with van der Waals surface area (Å²) in [6, 6.07) is 10.7. The number of sulfone groups is 1. The summed E-state index contributed by atoms with van der Waals surface area (Å²) in [7, 11) is -3.24. The van der Waals surface area contributed by atoms with Gasteiger partial charge in [0.2, 0.25) is 0 Å². The highest BCUT2D eigenvalue weighted by Gasteiger charge is 2.15. The number of rotatable bonds is 5. The lowest BCUT2D eigenvalue weighted by Gasteiger charge is -2.10. The van der Waals surface area contributed by atoms with Crippen LogP contribution in [0.5, 0.6) is 0 Å². The Hall–Kier alpha value is -1.84. The molecule has 0 aliphatic heterocycles. The van der Waals surface area contributed by atoms with Gasteiger partial charge in [-0.1, -0.05) is 19.1 Å². The van der Waals surface area contributed by atoms with Gasteiger partial charge >= 0.3 is 0 Å². The van der Waals surface area contributed by atoms with Crippen LogP contribution < -0.4 is 5.32 Å². The number of anilines is 1. The van der Waals surface area contributed by atoms with E-state index >= 15 is 0 Å². The SMILES string of the molecule is CCS(=O)(=O)c1ccccc1NCc1cc(C#N)cs1. The van der Waals surface area contributed by atoms with E-state index in [1.807, 2.05) is 0 Å². The monoisotopic (exact) mass is 306 g/mol. The average molecular weight is 306 g/mol. The van der Waals surface area contributed by atoms with Gasteiger partial charge in [-0.3, -0.25) is 0 Å². The second-order valence-corrected chi connectivity index (χ2v) is 7.41. The maximum Gasteiger partial charge on any atom is 0.180 e. The molecule has 1 heterocycles. The number of nitriles is 1. The Morgan fingerprint density at radius 1 is 1.35 bits per heavy atom. The highest BCUT2D eigenvalue weighted by Crippen LogP contribution is 2.23. The van der Waals surface area contributed by atoms with Crippen molar-refractivity contribution in [2.24, 2.45) is 0 Å². The van der Waals surface area contributed by atoms with E-state index in [1.165, 1.54) is 11.3 Å². The molecule has 0 bridgehead atoms. The van der Waals surface area contributed by atoms with Crippen LogP contribution in [0.25, 0.3) is 0 Å². The molecule has 20 heavy (non-hydrogen) atoms. The summed E-state index contributed by atoms with van der Waals surface area (Å²) in [5, 5.41) is 13.7. The van der Waals surface area contributed by atoms with Crippen molar-refractivity contribution in [3.8, 4) is 6.07 Å². The maximum absolute atomic E-state index is 12.0. The summed E-state index contributed by atoms with van der Waals surface area (Å²) in [6.07, 6.45) is 0. The largest absolute Gasteiger partial charge is 0.379 e. The van der Waals surface area contributed by atoms with Crippen LogP contribution in [-0.4, -0.2) is 14.2 Å². The molecule has 0 radical (unpaired) electrons. The molecule has 0 saturated heterocycles. The smallest absolute Gasteiger partial charge is 0.180 e. The zero-order valence-electron chi connectivity index (χ0n) is 11.0. The molecule has 104 valence electrons. The second kappa shape index (κ2) is 6.07. The van der Waals surface area contributed by atoms with Gasteiger partial charge in [0.05, 0.1) is 21.9 Å². The lowest BCUT2D eigenvalue weighted by molar-refractivity contribution is 0.597. The molecule has 0 saturated carbocycles. The van der Waals surface area contributed by atoms with Crippen LogP contribution in [0.1, 0.15) is 17.4 Å². The Labute approximate surface area is 122 Å². The Bertz CT molecular complexity index is 743. The first-order valence-corrected chi connectivity index (χ1v) is 8.63. The minimum absolute atomic E-state index is 0.0727. The minimum Gasteiger partial charge on any atom is -0.379 e. The minimum atomic E-state index is -3.24. The van der Waals surface area contributed by atoms with Crippen molar-refractivity contribution in [1.29, 1.82) is 5.26 Å². The van der Waals surface area contributed by atoms with Gasteiger partial charge in [-0.25, -0.2) is 8.42 Å². The van der Waals surface area contributed by atoms with E-state index < -0.39 is 9.84 Å². The number of benzene rings is 1. The third-order valence-electron chi connectivity index (χ3n) is 2.84. The van der Waals surface area contributed by atoms with Crippen molar-refractivity contribution in [2.45, 2.75) is 18.4 Å². The van der Waals surface area contributed by atoms with Gasteiger partial charge in [-0.2, -0.15) is 5.26 Å². The Balaban J connectivity index is 2.20. The van der Waals surface area contributed by atoms with Crippen LogP contribution >= 0.6 is 11.3 Å². The lowest BCUT2D eigenvalue weighted by atomic mass is 10.3. The van der Waals surface area contributed by atoms with Gasteiger partial charge in [0, 0.05) is 16.8 Å². The van der Waals surface area contributed by atoms with Crippen LogP contribution in [0.3, 0.4) is 0 Å². The van der Waals surface area contributed by atoms with E-state index in [0.29, 0.717) is 22.7 Å². The highest BCUT2D eigenvalue weighted by molar-refractivity contribution is 7.91. The predicted molar refractivity (Wildman–Crippen MR) is 80.5 cm³/mol. The van der Waals surface area contributed by atoms with E-state index in [9.17, 15) is 8.42 Å². The molecular formula is C14H14N2O2S2. The van der Waals surface area contributed by atoms with Gasteiger partial charge < -0.3 is 5.32 Å². The Kier molecular flexibility index (Phi) is 4.42. The molecule has 0 unspecified atom stereocenters. The normalized spacial score (nSPS) is 11.0. The Morgan fingerprint density at radius 2 is 2.10 bits per heavy atom. The molecule has 0 aliphatic rings. The van der Waals surface area contributed by atoms with E-state index in [2.05, 4.69) is 11.4 Å². The number of nitrogens with zero attached hydrogens (tertiary/aromatic N) is 1. The van der Waals surface area contributed by atoms with Crippen LogP contribution in [0.4, 0.5) is 5.69 Å². The predicted octanol–water partition coefficient (Wildman–Crippen LogP) is 3.03. The fourth-order valence-electron chi connectivity index (χ4n) is 1.75. The zero-order chi connectivity index (χ0) is 14.6. The van der Waals surface area contributed by atoms with Crippen molar-refractivity contribution < 1.29 is 8.42 Å². The van der Waals surface area contributed by atoms with Gasteiger partial charge in [0.15, 0.2) is 9.84 Å². The summed E-state index contributed by atoms with van der Waals surface area (Å²) < 4.78 is 24.0. The molecule has 1 aromatic heterocycles. The van der Waals surface area contributed by atoms with E-state index in [-0.39, 0.29) is 5.75 Å². The number of hydrogen-bond acceptors (Lipinski definition) is 5. The first kappa shape index (κ1) is 14.6. The van der Waals surface area contributed by atoms with Crippen molar-refractivity contribution in [2.75, 3.05) is 11.1 Å². The first-order valence-electron chi connectivity index (χ1n) is 6.10. The van der Waals surface area contributed by atoms with Crippen LogP contribution in [0.2, 0.25) is 0 Å². The van der Waals surface area contributed by atoms with Crippen LogP contribution in [0.15, 0.2) is 40.6 Å². The van der Waals surface area contributed by atoms with Crippen molar-refractivity contribution in [3.05, 3.63) is 46.2 Å². The van der Waals surface area contributed by atoms with E-state index in [4.69, 9.17) is 5.26 Å². The maximum atomic E-state index is 12.0. The van der Waals surface area contributed by atoms with Gasteiger partial charge in [-0.15, -0.1) is 11.3 Å². The molecule has 0 aliphatic carbocycles. The van der Waals surface area contributed by atoms with Crippen molar-refractivity contribution in [1.82, 2.24) is 0 Å². The van der Waals surface area contributed by atoms with Crippen molar-refractivity contribution >= 4 is 26.9 Å². The lowest BCUT2D eigenvalue weighted by Crippen LogP contribution is -2.08. The number of hydrogen-bond donors (Lipinski definition) is 1. The number of para-hydroxylation sites is 1. The Morgan fingerprint density at radius 3 is 2.75 bits per heavy atom.